The van der Waals surface area contributed by atoms with Crippen LogP contribution in [0.1, 0.15) is 49.4 Å². The van der Waals surface area contributed by atoms with Gasteiger partial charge in [0.15, 0.2) is 22.7 Å². The third-order valence-corrected chi connectivity index (χ3v) is 6.55. The van der Waals surface area contributed by atoms with Crippen LogP contribution >= 0.6 is 0 Å². The predicted molar refractivity (Wildman–Crippen MR) is 123 cm³/mol. The van der Waals surface area contributed by atoms with Crippen molar-refractivity contribution in [2.45, 2.75) is 38.8 Å². The van der Waals surface area contributed by atoms with Gasteiger partial charge in [0, 0.05) is 11.3 Å². The van der Waals surface area contributed by atoms with Crippen molar-refractivity contribution in [1.82, 2.24) is 5.01 Å². The van der Waals surface area contributed by atoms with E-state index in [1.165, 1.54) is 7.11 Å². The van der Waals surface area contributed by atoms with E-state index in [0.29, 0.717) is 17.1 Å². The molecule has 4 rings (SSSR count). The van der Waals surface area contributed by atoms with E-state index >= 15 is 0 Å². The first-order valence-electron chi connectivity index (χ1n) is 10.7. The van der Waals surface area contributed by atoms with E-state index in [2.05, 4.69) is 17.2 Å². The first-order chi connectivity index (χ1) is 15.7. The number of ether oxygens (including phenoxy) is 2. The Hall–Kier alpha value is -3.84. The lowest BCUT2D eigenvalue weighted by atomic mass is 9.66. The number of ketones is 1. The first kappa shape index (κ1) is 22.4. The van der Waals surface area contributed by atoms with Crippen molar-refractivity contribution in [2.75, 3.05) is 14.2 Å². The highest BCUT2D eigenvalue weighted by molar-refractivity contribution is 5.92. The molecule has 0 aliphatic carbocycles. The number of hydrogen-bond acceptors (Lipinski definition) is 7. The van der Waals surface area contributed by atoms with Crippen molar-refractivity contribution >= 4 is 12.0 Å². The van der Waals surface area contributed by atoms with E-state index in [4.69, 9.17) is 9.47 Å². The summed E-state index contributed by atoms with van der Waals surface area (Å²) in [5.41, 5.74) is 0.0329. The van der Waals surface area contributed by atoms with Crippen LogP contribution in [0.15, 0.2) is 47.6 Å². The van der Waals surface area contributed by atoms with Gasteiger partial charge in [-0.1, -0.05) is 51.1 Å². The van der Waals surface area contributed by atoms with Crippen LogP contribution in [0.25, 0.3) is 0 Å². The average Bonchev–Trinajstić information content (AvgIpc) is 3.13. The third kappa shape index (κ3) is 3.24. The zero-order valence-electron chi connectivity index (χ0n) is 19.4. The highest BCUT2D eigenvalue weighted by Gasteiger charge is 2.65. The highest BCUT2D eigenvalue weighted by atomic mass is 16.5. The zero-order chi connectivity index (χ0) is 24.0. The number of nitriles is 2. The van der Waals surface area contributed by atoms with Crippen molar-refractivity contribution in [3.05, 3.63) is 59.2 Å². The number of hydrazone groups is 1. The SMILES string of the molecule is COc1ccc([C@@H]2[C@@H](C(=O)C(C)(C)C)N3N=Cc4ccccc4[C@@H]3C2(C#N)C#N)cc1OC. The van der Waals surface area contributed by atoms with Crippen molar-refractivity contribution in [3.63, 3.8) is 0 Å². The van der Waals surface area contributed by atoms with E-state index in [1.54, 1.807) is 36.5 Å². The van der Waals surface area contributed by atoms with E-state index in [9.17, 15) is 15.3 Å². The molecule has 2 heterocycles. The fourth-order valence-electron chi connectivity index (χ4n) is 4.97. The number of hydrogen-bond donors (Lipinski definition) is 0. The minimum atomic E-state index is -1.56. The quantitative estimate of drug-likeness (QED) is 0.703. The van der Waals surface area contributed by atoms with Gasteiger partial charge in [0.05, 0.1) is 32.6 Å². The van der Waals surface area contributed by atoms with Crippen LogP contribution in [0, 0.1) is 33.5 Å². The van der Waals surface area contributed by atoms with Crippen molar-refractivity contribution < 1.29 is 14.3 Å². The molecule has 7 heteroatoms. The van der Waals surface area contributed by atoms with Crippen LogP contribution in [-0.4, -0.2) is 37.3 Å². The van der Waals surface area contributed by atoms with Gasteiger partial charge in [0.1, 0.15) is 12.1 Å². The first-order valence-corrected chi connectivity index (χ1v) is 10.7. The second kappa shape index (κ2) is 7.94. The number of benzene rings is 2. The molecule has 1 saturated heterocycles. The molecule has 0 unspecified atom stereocenters. The van der Waals surface area contributed by atoms with E-state index in [1.807, 2.05) is 45.0 Å². The number of methoxy groups -OCH3 is 2. The Bertz CT molecular complexity index is 1200. The van der Waals surface area contributed by atoms with E-state index < -0.39 is 28.8 Å². The smallest absolute Gasteiger partial charge is 0.178 e. The molecule has 2 aliphatic heterocycles. The Balaban J connectivity index is 2.02. The summed E-state index contributed by atoms with van der Waals surface area (Å²) < 4.78 is 10.9. The van der Waals surface area contributed by atoms with Gasteiger partial charge in [0.25, 0.3) is 0 Å². The van der Waals surface area contributed by atoms with Crippen LogP contribution in [0.4, 0.5) is 0 Å². The van der Waals surface area contributed by atoms with Gasteiger partial charge in [-0.3, -0.25) is 9.80 Å². The molecule has 2 aromatic rings. The summed E-state index contributed by atoms with van der Waals surface area (Å²) in [6.45, 7) is 5.53. The van der Waals surface area contributed by atoms with Crippen molar-refractivity contribution in [1.29, 1.82) is 10.5 Å². The average molecular weight is 443 g/mol. The largest absolute Gasteiger partial charge is 0.493 e. The molecule has 0 saturated carbocycles. The number of Topliss-reactive ketones (excluding diaryl/α,β-unsaturated/α-hetero) is 1. The molecule has 0 bridgehead atoms. The second-order valence-electron chi connectivity index (χ2n) is 9.40. The van der Waals surface area contributed by atoms with Gasteiger partial charge in [0.2, 0.25) is 0 Å². The fourth-order valence-corrected chi connectivity index (χ4v) is 4.97. The van der Waals surface area contributed by atoms with Crippen LogP contribution in [0.2, 0.25) is 0 Å². The standard InChI is InChI=1S/C26H26N4O3/c1-25(2,3)24(31)22-21(16-10-11-19(32-4)20(12-16)33-5)26(14-27,15-28)23-18-9-7-6-8-17(18)13-29-30(22)23/h6-13,21-23H,1-5H3/t21-,22+,23-/m1/s1. The summed E-state index contributed by atoms with van der Waals surface area (Å²) in [5.74, 6) is 0.151. The second-order valence-corrected chi connectivity index (χ2v) is 9.40. The molecule has 2 aromatic carbocycles. The lowest BCUT2D eigenvalue weighted by molar-refractivity contribution is -0.131. The number of carbonyl (C=O) groups is 1. The van der Waals surface area contributed by atoms with Gasteiger partial charge in [-0.05, 0) is 28.8 Å². The number of rotatable bonds is 4. The molecule has 7 nitrogen and oxygen atoms in total. The maximum absolute atomic E-state index is 13.8. The Morgan fingerprint density at radius 3 is 2.33 bits per heavy atom. The number of fused-ring (bicyclic) bond motifs is 3. The topological polar surface area (TPSA) is 98.7 Å². The number of nitrogens with zero attached hydrogens (tertiary/aromatic N) is 4. The lowest BCUT2D eigenvalue weighted by Gasteiger charge is -2.34. The summed E-state index contributed by atoms with van der Waals surface area (Å²) in [4.78, 5) is 13.8. The summed E-state index contributed by atoms with van der Waals surface area (Å²) in [6, 6.07) is 16.0. The molecular formula is C26H26N4O3. The summed E-state index contributed by atoms with van der Waals surface area (Å²) in [6.07, 6.45) is 1.70. The van der Waals surface area contributed by atoms with E-state index in [0.717, 1.165) is 11.1 Å². The Kier molecular flexibility index (Phi) is 5.38. The molecule has 33 heavy (non-hydrogen) atoms. The molecule has 168 valence electrons. The molecule has 0 N–H and O–H groups in total. The van der Waals surface area contributed by atoms with Crippen LogP contribution in [-0.2, 0) is 4.79 Å². The summed E-state index contributed by atoms with van der Waals surface area (Å²) in [7, 11) is 3.07. The maximum atomic E-state index is 13.8. The van der Waals surface area contributed by atoms with Crippen LogP contribution in [0.3, 0.4) is 0 Å². The molecule has 0 amide bonds. The van der Waals surface area contributed by atoms with Gasteiger partial charge < -0.3 is 9.47 Å². The molecule has 3 atom stereocenters. The van der Waals surface area contributed by atoms with Crippen molar-refractivity contribution in [2.24, 2.45) is 15.9 Å². The summed E-state index contributed by atoms with van der Waals surface area (Å²) in [5, 5.41) is 27.3. The molecule has 0 spiro atoms. The third-order valence-electron chi connectivity index (χ3n) is 6.55. The molecular weight excluding hydrogens is 416 g/mol. The van der Waals surface area contributed by atoms with Crippen LogP contribution < -0.4 is 9.47 Å². The molecule has 0 aromatic heterocycles. The normalized spacial score (nSPS) is 22.5. The van der Waals surface area contributed by atoms with Crippen molar-refractivity contribution in [3.8, 4) is 23.6 Å². The zero-order valence-corrected chi connectivity index (χ0v) is 19.4. The minimum Gasteiger partial charge on any atom is -0.493 e. The fraction of sp³-hybridized carbons (Fsp3) is 0.385. The van der Waals surface area contributed by atoms with Gasteiger partial charge in [-0.15, -0.1) is 0 Å². The molecule has 0 radical (unpaired) electrons. The van der Waals surface area contributed by atoms with E-state index in [-0.39, 0.29) is 5.78 Å². The Labute approximate surface area is 193 Å². The van der Waals surface area contributed by atoms with Gasteiger partial charge in [-0.25, -0.2) is 0 Å². The predicted octanol–water partition coefficient (Wildman–Crippen LogP) is 4.21. The lowest BCUT2D eigenvalue weighted by Crippen LogP contribution is -2.43. The Morgan fingerprint density at radius 1 is 1.06 bits per heavy atom. The minimum absolute atomic E-state index is 0.0869. The van der Waals surface area contributed by atoms with Gasteiger partial charge in [-0.2, -0.15) is 15.6 Å². The highest BCUT2D eigenvalue weighted by Crippen LogP contribution is 2.60. The number of carbonyl (C=O) groups excluding carboxylic acids is 1. The van der Waals surface area contributed by atoms with Gasteiger partial charge >= 0.3 is 0 Å². The van der Waals surface area contributed by atoms with Crippen LogP contribution in [0.5, 0.6) is 11.5 Å². The molecule has 1 fully saturated rings. The monoisotopic (exact) mass is 442 g/mol. The summed E-state index contributed by atoms with van der Waals surface area (Å²) >= 11 is 0. The Morgan fingerprint density at radius 2 is 1.73 bits per heavy atom. The maximum Gasteiger partial charge on any atom is 0.178 e. The molecule has 2 aliphatic rings.